The summed E-state index contributed by atoms with van der Waals surface area (Å²) in [5.41, 5.74) is 19.0. The molecule has 54 heavy (non-hydrogen) atoms. The fraction of sp³-hybridized carbons (Fsp3) is 0.0196. The smallest absolute Gasteiger partial charge is 0.252 e. The van der Waals surface area contributed by atoms with Crippen molar-refractivity contribution in [2.45, 2.75) is 5.92 Å². The van der Waals surface area contributed by atoms with Crippen LogP contribution < -0.4 is 21.3 Å². The van der Waals surface area contributed by atoms with Crippen molar-refractivity contribution in [1.82, 2.24) is 4.57 Å². The van der Waals surface area contributed by atoms with Crippen LogP contribution in [-0.2, 0) is 0 Å². The topological polar surface area (TPSA) is 8.17 Å². The van der Waals surface area contributed by atoms with Gasteiger partial charge in [-0.05, 0) is 74.5 Å². The average Bonchev–Trinajstić information content (AvgIpc) is 3.60. The second kappa shape index (κ2) is 12.4. The van der Waals surface area contributed by atoms with Crippen LogP contribution in [0.1, 0.15) is 22.6 Å². The molecule has 0 radical (unpaired) electrons. The zero-order chi connectivity index (χ0) is 35.6. The van der Waals surface area contributed by atoms with E-state index in [0.29, 0.717) is 0 Å². The predicted molar refractivity (Wildman–Crippen MR) is 227 cm³/mol. The SMILES string of the molecule is c1ccc(-c2c(-c3ccccc3)n3c4c(cccc24)B2c4ccc(C(c5ccccc5)c5ccccc5)cc4N(c4ccccc4)c4cccc-3c42)cc1. The van der Waals surface area contributed by atoms with E-state index in [2.05, 4.69) is 216 Å². The van der Waals surface area contributed by atoms with E-state index in [0.717, 1.165) is 5.69 Å². The Bertz CT molecular complexity index is 2770. The highest BCUT2D eigenvalue weighted by atomic mass is 15.2. The Balaban J connectivity index is 1.23. The third kappa shape index (κ3) is 4.61. The molecule has 0 N–H and O–H groups in total. The first kappa shape index (κ1) is 30.8. The van der Waals surface area contributed by atoms with Crippen LogP contribution in [-0.4, -0.2) is 11.3 Å². The third-order valence-corrected chi connectivity index (χ3v) is 11.5. The highest BCUT2D eigenvalue weighted by Crippen LogP contribution is 2.46. The minimum absolute atomic E-state index is 0.0606. The summed E-state index contributed by atoms with van der Waals surface area (Å²) in [5.74, 6) is 0.0944. The Labute approximate surface area is 316 Å². The fourth-order valence-corrected chi connectivity index (χ4v) is 9.34. The normalized spacial score (nSPS) is 12.5. The molecule has 0 saturated carbocycles. The van der Waals surface area contributed by atoms with Gasteiger partial charge in [-0.3, -0.25) is 0 Å². The van der Waals surface area contributed by atoms with E-state index < -0.39 is 0 Å². The molecule has 0 unspecified atom stereocenters. The molecule has 0 aliphatic carbocycles. The van der Waals surface area contributed by atoms with Crippen LogP contribution in [0, 0.1) is 0 Å². The molecule has 0 amide bonds. The second-order valence-electron chi connectivity index (χ2n) is 14.4. The zero-order valence-corrected chi connectivity index (χ0v) is 29.7. The Kier molecular flexibility index (Phi) is 7.06. The van der Waals surface area contributed by atoms with Crippen molar-refractivity contribution in [2.24, 2.45) is 0 Å². The van der Waals surface area contributed by atoms with E-state index >= 15 is 0 Å². The van der Waals surface area contributed by atoms with Crippen molar-refractivity contribution in [3.63, 3.8) is 0 Å². The molecule has 0 spiro atoms. The van der Waals surface area contributed by atoms with Gasteiger partial charge >= 0.3 is 0 Å². The molecule has 2 aliphatic heterocycles. The van der Waals surface area contributed by atoms with Gasteiger partial charge in [-0.2, -0.15) is 0 Å². The lowest BCUT2D eigenvalue weighted by Crippen LogP contribution is -2.60. The van der Waals surface area contributed by atoms with Gasteiger partial charge in [0.15, 0.2) is 0 Å². The minimum Gasteiger partial charge on any atom is -0.311 e. The van der Waals surface area contributed by atoms with Crippen LogP contribution >= 0.6 is 0 Å². The second-order valence-corrected chi connectivity index (χ2v) is 14.4. The van der Waals surface area contributed by atoms with Gasteiger partial charge in [0.1, 0.15) is 0 Å². The molecule has 2 nitrogen and oxygen atoms in total. The first-order valence-electron chi connectivity index (χ1n) is 18.9. The first-order chi connectivity index (χ1) is 26.8. The van der Waals surface area contributed by atoms with Gasteiger partial charge < -0.3 is 9.47 Å². The number of fused-ring (bicyclic) bond motifs is 4. The Morgan fingerprint density at radius 1 is 0.407 bits per heavy atom. The van der Waals surface area contributed by atoms with Crippen molar-refractivity contribution in [3.8, 4) is 28.1 Å². The van der Waals surface area contributed by atoms with Crippen LogP contribution in [0.3, 0.4) is 0 Å². The maximum Gasteiger partial charge on any atom is 0.252 e. The number of hydrogen-bond acceptors (Lipinski definition) is 1. The average molecular weight is 687 g/mol. The van der Waals surface area contributed by atoms with Crippen molar-refractivity contribution in [3.05, 3.63) is 223 Å². The summed E-state index contributed by atoms with van der Waals surface area (Å²) in [5, 5.41) is 1.28. The lowest BCUT2D eigenvalue weighted by atomic mass is 9.33. The monoisotopic (exact) mass is 686 g/mol. The Morgan fingerprint density at radius 3 is 1.65 bits per heavy atom. The van der Waals surface area contributed by atoms with Crippen molar-refractivity contribution in [1.29, 1.82) is 0 Å². The van der Waals surface area contributed by atoms with Gasteiger partial charge in [-0.1, -0.05) is 176 Å². The lowest BCUT2D eigenvalue weighted by molar-refractivity contribution is 0.977. The van der Waals surface area contributed by atoms with Gasteiger partial charge in [0.05, 0.1) is 5.69 Å². The van der Waals surface area contributed by atoms with E-state index in [1.807, 2.05) is 0 Å². The highest BCUT2D eigenvalue weighted by Gasteiger charge is 2.43. The molecule has 2 aliphatic rings. The van der Waals surface area contributed by atoms with E-state index in [4.69, 9.17) is 0 Å². The van der Waals surface area contributed by atoms with Crippen LogP contribution in [0.25, 0.3) is 39.0 Å². The van der Waals surface area contributed by atoms with E-state index in [-0.39, 0.29) is 12.6 Å². The van der Waals surface area contributed by atoms with E-state index in [1.165, 1.54) is 83.4 Å². The zero-order valence-electron chi connectivity index (χ0n) is 29.7. The molecule has 3 heterocycles. The Hall–Kier alpha value is -6.84. The lowest BCUT2D eigenvalue weighted by Gasteiger charge is -2.41. The fourth-order valence-electron chi connectivity index (χ4n) is 9.34. The van der Waals surface area contributed by atoms with Crippen molar-refractivity contribution < 1.29 is 0 Å². The molecule has 9 aromatic rings. The van der Waals surface area contributed by atoms with Crippen molar-refractivity contribution >= 4 is 51.1 Å². The molecule has 8 aromatic carbocycles. The molecule has 0 bridgehead atoms. The number of rotatable bonds is 6. The molecule has 0 saturated heterocycles. The van der Waals surface area contributed by atoms with Gasteiger partial charge in [0.25, 0.3) is 6.71 Å². The van der Waals surface area contributed by atoms with Crippen LogP contribution in [0.15, 0.2) is 206 Å². The standard InChI is InChI=1S/C51H35BN2/c1-6-18-35(19-7-1)47(36-20-8-2-9-21-36)39-32-33-42-46(34-39)53(40-26-14-5-15-27-40)44-30-17-31-45-49(44)52(42)43-29-16-28-41-48(37-22-10-3-11-23-37)50(54(45)51(41)43)38-24-12-4-13-25-38/h1-34,47H. The minimum atomic E-state index is 0.0606. The van der Waals surface area contributed by atoms with Gasteiger partial charge in [0.2, 0.25) is 0 Å². The largest absolute Gasteiger partial charge is 0.311 e. The van der Waals surface area contributed by atoms with Gasteiger partial charge in [-0.25, -0.2) is 0 Å². The Morgan fingerprint density at radius 2 is 0.981 bits per heavy atom. The quantitative estimate of drug-likeness (QED) is 0.125. The molecule has 1 aromatic heterocycles. The maximum absolute atomic E-state index is 2.57. The predicted octanol–water partition coefficient (Wildman–Crippen LogP) is 10.8. The molecule has 3 heteroatoms. The molecule has 252 valence electrons. The molecule has 11 rings (SSSR count). The first-order valence-corrected chi connectivity index (χ1v) is 18.9. The molecule has 0 atom stereocenters. The summed E-state index contributed by atoms with van der Waals surface area (Å²) in [4.78, 5) is 2.51. The summed E-state index contributed by atoms with van der Waals surface area (Å²) >= 11 is 0. The number of hydrogen-bond donors (Lipinski definition) is 0. The molecular weight excluding hydrogens is 651 g/mol. The number of aromatic nitrogens is 1. The number of para-hydroxylation sites is 2. The van der Waals surface area contributed by atoms with E-state index in [9.17, 15) is 0 Å². The van der Waals surface area contributed by atoms with Gasteiger partial charge in [-0.15, -0.1) is 0 Å². The highest BCUT2D eigenvalue weighted by molar-refractivity contribution is 7.00. The summed E-state index contributed by atoms with van der Waals surface area (Å²) in [6.07, 6.45) is 0. The van der Waals surface area contributed by atoms with Crippen LogP contribution in [0.2, 0.25) is 0 Å². The van der Waals surface area contributed by atoms with Gasteiger partial charge in [0, 0.05) is 45.1 Å². The summed E-state index contributed by atoms with van der Waals surface area (Å²) < 4.78 is 2.57. The molecule has 0 fully saturated rings. The van der Waals surface area contributed by atoms with Crippen LogP contribution in [0.5, 0.6) is 0 Å². The number of benzene rings is 8. The summed E-state index contributed by atoms with van der Waals surface area (Å²) in [6.45, 7) is 0.0606. The summed E-state index contributed by atoms with van der Waals surface area (Å²) in [6, 6.07) is 75.9. The number of anilines is 3. The van der Waals surface area contributed by atoms with E-state index in [1.54, 1.807) is 0 Å². The number of nitrogens with zero attached hydrogens (tertiary/aromatic N) is 2. The maximum atomic E-state index is 2.57. The van der Waals surface area contributed by atoms with Crippen molar-refractivity contribution in [2.75, 3.05) is 4.90 Å². The summed E-state index contributed by atoms with van der Waals surface area (Å²) in [7, 11) is 0. The molecular formula is C51H35BN2. The van der Waals surface area contributed by atoms with Crippen LogP contribution in [0.4, 0.5) is 17.1 Å². The third-order valence-electron chi connectivity index (χ3n) is 11.5.